The average Bonchev–Trinajstić information content (AvgIpc) is 2.81. The van der Waals surface area contributed by atoms with E-state index in [-0.39, 0.29) is 24.4 Å². The maximum atomic E-state index is 12.6. The van der Waals surface area contributed by atoms with Gasteiger partial charge >= 0.3 is 6.30 Å². The van der Waals surface area contributed by atoms with Gasteiger partial charge in [0.15, 0.2) is 0 Å². The quantitative estimate of drug-likeness (QED) is 0.683. The van der Waals surface area contributed by atoms with E-state index in [1.165, 1.54) is 0 Å². The van der Waals surface area contributed by atoms with Crippen molar-refractivity contribution in [2.45, 2.75) is 25.1 Å². The molecule has 1 aliphatic carbocycles. The van der Waals surface area contributed by atoms with Crippen molar-refractivity contribution in [1.29, 1.82) is 0 Å². The summed E-state index contributed by atoms with van der Waals surface area (Å²) in [4.78, 5) is 0.654. The fourth-order valence-electron chi connectivity index (χ4n) is 3.01. The molecule has 4 heteroatoms. The summed E-state index contributed by atoms with van der Waals surface area (Å²) in [7, 11) is 0. The minimum atomic E-state index is -4.18. The highest BCUT2D eigenvalue weighted by molar-refractivity contribution is 5.38. The number of halogens is 3. The molecule has 0 aromatic heterocycles. The lowest BCUT2D eigenvalue weighted by Gasteiger charge is -2.23. The smallest absolute Gasteiger partial charge is 0.213 e. The van der Waals surface area contributed by atoms with E-state index in [1.807, 2.05) is 31.2 Å². The molecule has 92 valence electrons. The Morgan fingerprint density at radius 3 is 2.41 bits per heavy atom. The third-order valence-corrected chi connectivity index (χ3v) is 4.13. The second-order valence-corrected chi connectivity index (χ2v) is 5.27. The van der Waals surface area contributed by atoms with Gasteiger partial charge in [-0.1, -0.05) is 29.8 Å². The molecule has 1 heterocycles. The van der Waals surface area contributed by atoms with E-state index in [0.717, 1.165) is 17.5 Å². The van der Waals surface area contributed by atoms with Gasteiger partial charge in [0.2, 0.25) is 0 Å². The normalized spacial score (nSPS) is 32.6. The van der Waals surface area contributed by atoms with Crippen LogP contribution >= 0.6 is 0 Å². The molecule has 3 rings (SSSR count). The van der Waals surface area contributed by atoms with Crippen molar-refractivity contribution in [3.05, 3.63) is 35.4 Å². The fraction of sp³-hybridized carbons (Fsp3) is 0.538. The van der Waals surface area contributed by atoms with Gasteiger partial charge in [0.25, 0.3) is 0 Å². The molecule has 1 saturated heterocycles. The minimum absolute atomic E-state index is 0.129. The minimum Gasteiger partial charge on any atom is -0.213 e. The molecule has 1 aromatic carbocycles. The van der Waals surface area contributed by atoms with Crippen LogP contribution in [-0.2, 0) is 5.41 Å². The van der Waals surface area contributed by atoms with E-state index in [0.29, 0.717) is 4.90 Å². The van der Waals surface area contributed by atoms with Crippen LogP contribution in [0.2, 0.25) is 0 Å². The van der Waals surface area contributed by atoms with Crippen LogP contribution in [0.15, 0.2) is 24.3 Å². The number of aryl methyl sites for hydroxylation is 1. The fourth-order valence-corrected chi connectivity index (χ4v) is 3.01. The first kappa shape index (κ1) is 11.1. The Bertz CT molecular complexity index is 437. The monoisotopic (exact) mass is 241 g/mol. The topological polar surface area (TPSA) is 3.24 Å². The van der Waals surface area contributed by atoms with Crippen molar-refractivity contribution in [2.75, 3.05) is 13.1 Å². The van der Waals surface area contributed by atoms with Crippen LogP contribution < -0.4 is 0 Å². The van der Waals surface area contributed by atoms with Gasteiger partial charge in [0.1, 0.15) is 0 Å². The molecule has 1 aromatic rings. The molecule has 2 atom stereocenters. The lowest BCUT2D eigenvalue weighted by molar-refractivity contribution is -0.241. The number of fused-ring (bicyclic) bond motifs is 1. The van der Waals surface area contributed by atoms with E-state index < -0.39 is 6.30 Å². The number of rotatable bonds is 1. The molecule has 2 aliphatic rings. The van der Waals surface area contributed by atoms with Crippen LogP contribution in [0.4, 0.5) is 13.2 Å². The number of nitrogens with zero attached hydrogens (tertiary/aromatic N) is 1. The van der Waals surface area contributed by atoms with E-state index in [9.17, 15) is 13.2 Å². The van der Waals surface area contributed by atoms with Crippen LogP contribution in [0.1, 0.15) is 17.5 Å². The molecule has 0 bridgehead atoms. The summed E-state index contributed by atoms with van der Waals surface area (Å²) in [5.41, 5.74) is 2.00. The van der Waals surface area contributed by atoms with Crippen LogP contribution in [0.25, 0.3) is 0 Å². The van der Waals surface area contributed by atoms with Crippen molar-refractivity contribution in [1.82, 2.24) is 4.90 Å². The summed E-state index contributed by atoms with van der Waals surface area (Å²) < 4.78 is 37.9. The van der Waals surface area contributed by atoms with Crippen molar-refractivity contribution in [2.24, 2.45) is 5.92 Å². The Balaban J connectivity index is 1.84. The number of hydrogen-bond donors (Lipinski definition) is 0. The SMILES string of the molecule is Cc1ccc(C23CC2CN(C(F)(F)F)C3)cc1. The molecule has 2 fully saturated rings. The standard InChI is InChI=1S/C13H14F3N/c1-9-2-4-10(5-3-9)12-6-11(12)7-17(8-12)13(14,15)16/h2-5,11H,6-8H2,1H3. The first-order valence-corrected chi connectivity index (χ1v) is 5.81. The molecular weight excluding hydrogens is 227 g/mol. The maximum absolute atomic E-state index is 12.6. The molecule has 0 spiro atoms. The summed E-state index contributed by atoms with van der Waals surface area (Å²) in [6.07, 6.45) is -3.27. The van der Waals surface area contributed by atoms with Gasteiger partial charge in [0.05, 0.1) is 0 Å². The van der Waals surface area contributed by atoms with Gasteiger partial charge < -0.3 is 0 Å². The zero-order valence-electron chi connectivity index (χ0n) is 9.59. The first-order chi connectivity index (χ1) is 7.92. The molecule has 2 unspecified atom stereocenters. The Hall–Kier alpha value is -1.03. The molecule has 0 N–H and O–H groups in total. The predicted octanol–water partition coefficient (Wildman–Crippen LogP) is 3.09. The van der Waals surface area contributed by atoms with Gasteiger partial charge in [-0.15, -0.1) is 0 Å². The molecule has 1 aliphatic heterocycles. The van der Waals surface area contributed by atoms with E-state index >= 15 is 0 Å². The second-order valence-electron chi connectivity index (χ2n) is 5.27. The summed E-state index contributed by atoms with van der Waals surface area (Å²) in [6.45, 7) is 2.28. The highest BCUT2D eigenvalue weighted by Gasteiger charge is 2.64. The van der Waals surface area contributed by atoms with Gasteiger partial charge in [-0.25, -0.2) is 4.90 Å². The summed E-state index contributed by atoms with van der Waals surface area (Å²) >= 11 is 0. The summed E-state index contributed by atoms with van der Waals surface area (Å²) in [6, 6.07) is 7.93. The van der Waals surface area contributed by atoms with E-state index in [2.05, 4.69) is 0 Å². The van der Waals surface area contributed by atoms with E-state index in [4.69, 9.17) is 0 Å². The van der Waals surface area contributed by atoms with E-state index in [1.54, 1.807) is 0 Å². The zero-order valence-corrected chi connectivity index (χ0v) is 9.59. The number of hydrogen-bond acceptors (Lipinski definition) is 1. The van der Waals surface area contributed by atoms with Crippen LogP contribution in [0, 0.1) is 12.8 Å². The van der Waals surface area contributed by atoms with Crippen molar-refractivity contribution in [3.63, 3.8) is 0 Å². The number of alkyl halides is 3. The Morgan fingerprint density at radius 1 is 1.24 bits per heavy atom. The zero-order chi connectivity index (χ0) is 12.3. The average molecular weight is 241 g/mol. The van der Waals surface area contributed by atoms with Crippen molar-refractivity contribution >= 4 is 0 Å². The van der Waals surface area contributed by atoms with Crippen molar-refractivity contribution < 1.29 is 13.2 Å². The highest BCUT2D eigenvalue weighted by Crippen LogP contribution is 2.60. The Labute approximate surface area is 98.2 Å². The van der Waals surface area contributed by atoms with Gasteiger partial charge in [-0.2, -0.15) is 13.2 Å². The summed E-state index contributed by atoms with van der Waals surface area (Å²) in [5.74, 6) is 0.187. The molecular formula is C13H14F3N. The van der Waals surface area contributed by atoms with Crippen LogP contribution in [0.3, 0.4) is 0 Å². The molecule has 1 saturated carbocycles. The molecule has 1 nitrogen and oxygen atoms in total. The summed E-state index contributed by atoms with van der Waals surface area (Å²) in [5, 5.41) is 0. The predicted molar refractivity (Wildman–Crippen MR) is 58.6 cm³/mol. The largest absolute Gasteiger partial charge is 0.459 e. The van der Waals surface area contributed by atoms with Crippen LogP contribution in [0.5, 0.6) is 0 Å². The van der Waals surface area contributed by atoms with Gasteiger partial charge in [-0.05, 0) is 24.8 Å². The Morgan fingerprint density at radius 2 is 1.88 bits per heavy atom. The number of piperidine rings is 1. The lowest BCUT2D eigenvalue weighted by Crippen LogP contribution is -2.38. The number of likely N-dealkylation sites (tertiary alicyclic amines) is 1. The Kier molecular flexibility index (Phi) is 2.12. The second kappa shape index (κ2) is 3.25. The molecule has 0 radical (unpaired) electrons. The maximum Gasteiger partial charge on any atom is 0.459 e. The molecule has 17 heavy (non-hydrogen) atoms. The third kappa shape index (κ3) is 1.66. The van der Waals surface area contributed by atoms with Crippen molar-refractivity contribution in [3.8, 4) is 0 Å². The van der Waals surface area contributed by atoms with Gasteiger partial charge in [0, 0.05) is 18.5 Å². The lowest BCUT2D eigenvalue weighted by atomic mass is 9.94. The number of benzene rings is 1. The third-order valence-electron chi connectivity index (χ3n) is 4.13. The van der Waals surface area contributed by atoms with Gasteiger partial charge in [-0.3, -0.25) is 0 Å². The first-order valence-electron chi connectivity index (χ1n) is 5.81. The molecule has 0 amide bonds. The highest BCUT2D eigenvalue weighted by atomic mass is 19.4. The van der Waals surface area contributed by atoms with Crippen LogP contribution in [-0.4, -0.2) is 24.3 Å².